The Morgan fingerprint density at radius 3 is 1.38 bits per heavy atom. The molecule has 3 aromatic rings. The van der Waals surface area contributed by atoms with Gasteiger partial charge < -0.3 is 4.74 Å². The molecule has 0 N–H and O–H groups in total. The van der Waals surface area contributed by atoms with Crippen molar-refractivity contribution in [3.05, 3.63) is 91.0 Å². The first-order valence-electron chi connectivity index (χ1n) is 8.48. The van der Waals surface area contributed by atoms with Gasteiger partial charge in [0.15, 0.2) is 6.16 Å². The molecule has 0 amide bonds. The van der Waals surface area contributed by atoms with E-state index < -0.39 is 7.26 Å². The van der Waals surface area contributed by atoms with Crippen LogP contribution in [-0.2, 0) is 9.53 Å². The molecule has 0 aliphatic heterocycles. The molecule has 0 aliphatic carbocycles. The van der Waals surface area contributed by atoms with Gasteiger partial charge in [0.1, 0.15) is 23.2 Å². The maximum absolute atomic E-state index is 12.6. The third-order valence-electron chi connectivity index (χ3n) is 4.26. The molecule has 0 radical (unpaired) electrons. The van der Waals surface area contributed by atoms with E-state index in [0.29, 0.717) is 12.8 Å². The van der Waals surface area contributed by atoms with Crippen LogP contribution in [0.5, 0.6) is 0 Å². The molecule has 0 atom stereocenters. The largest absolute Gasteiger partial charge is 0.463 e. The van der Waals surface area contributed by atoms with Crippen LogP contribution in [0.1, 0.15) is 6.92 Å². The number of hydrogen-bond acceptors (Lipinski definition) is 2. The Morgan fingerprint density at radius 2 is 1.08 bits per heavy atom. The highest BCUT2D eigenvalue weighted by molar-refractivity contribution is 8.93. The van der Waals surface area contributed by atoms with Crippen LogP contribution in [0.25, 0.3) is 0 Å². The van der Waals surface area contributed by atoms with Crippen molar-refractivity contribution in [3.63, 3.8) is 0 Å². The molecule has 0 saturated heterocycles. The van der Waals surface area contributed by atoms with Gasteiger partial charge in [0.25, 0.3) is 0 Å². The third kappa shape index (κ3) is 4.23. The maximum Gasteiger partial charge on any atom is 0.345 e. The Balaban J connectivity index is 0.00000243. The lowest BCUT2D eigenvalue weighted by Crippen LogP contribution is -2.36. The second-order valence-electron chi connectivity index (χ2n) is 5.78. The molecule has 0 aromatic heterocycles. The number of hydrogen-bond donors (Lipinski definition) is 0. The van der Waals surface area contributed by atoms with Crippen LogP contribution in [0.4, 0.5) is 0 Å². The minimum absolute atomic E-state index is 0. The fourth-order valence-electron chi connectivity index (χ4n) is 3.17. The molecule has 3 aromatic carbocycles. The summed E-state index contributed by atoms with van der Waals surface area (Å²) in [5, 5.41) is 3.58. The highest BCUT2D eigenvalue weighted by Crippen LogP contribution is 2.55. The van der Waals surface area contributed by atoms with Crippen LogP contribution in [0.2, 0.25) is 0 Å². The molecule has 2 nitrogen and oxygen atoms in total. The molecule has 26 heavy (non-hydrogen) atoms. The maximum atomic E-state index is 12.6. The molecule has 3 rings (SSSR count). The van der Waals surface area contributed by atoms with Gasteiger partial charge in [-0.05, 0) is 43.3 Å². The molecule has 4 heteroatoms. The van der Waals surface area contributed by atoms with Crippen LogP contribution < -0.4 is 15.9 Å². The summed E-state index contributed by atoms with van der Waals surface area (Å²) < 4.78 is 5.35. The number of halogens is 1. The Morgan fingerprint density at radius 1 is 0.731 bits per heavy atom. The fourth-order valence-corrected chi connectivity index (χ4v) is 7.13. The van der Waals surface area contributed by atoms with Gasteiger partial charge in [0.2, 0.25) is 0 Å². The molecule has 0 aliphatic rings. The molecular weight excluding hydrogens is 409 g/mol. The van der Waals surface area contributed by atoms with Crippen molar-refractivity contribution in [2.24, 2.45) is 0 Å². The second-order valence-corrected chi connectivity index (χ2v) is 9.26. The van der Waals surface area contributed by atoms with Gasteiger partial charge in [0, 0.05) is 0 Å². The molecule has 0 unspecified atom stereocenters. The van der Waals surface area contributed by atoms with E-state index in [1.165, 1.54) is 15.9 Å². The smallest absolute Gasteiger partial charge is 0.345 e. The van der Waals surface area contributed by atoms with Crippen molar-refractivity contribution in [3.8, 4) is 0 Å². The molecular formula is C22H23BrO2P+. The topological polar surface area (TPSA) is 26.3 Å². The first-order valence-corrected chi connectivity index (χ1v) is 10.5. The van der Waals surface area contributed by atoms with E-state index in [0.717, 1.165) is 0 Å². The molecule has 0 saturated carbocycles. The van der Waals surface area contributed by atoms with Crippen LogP contribution in [0.15, 0.2) is 91.0 Å². The van der Waals surface area contributed by atoms with Crippen molar-refractivity contribution in [2.75, 3.05) is 12.8 Å². The Labute approximate surface area is 166 Å². The van der Waals surface area contributed by atoms with Crippen LogP contribution in [-0.4, -0.2) is 18.7 Å². The van der Waals surface area contributed by atoms with E-state index in [1.807, 2.05) is 61.5 Å². The van der Waals surface area contributed by atoms with E-state index in [-0.39, 0.29) is 23.0 Å². The molecule has 134 valence electrons. The number of ether oxygens (including phenoxy) is 1. The van der Waals surface area contributed by atoms with Crippen LogP contribution in [0, 0.1) is 0 Å². The number of carbonyl (C=O) groups excluding carboxylic acids is 1. The lowest BCUT2D eigenvalue weighted by molar-refractivity contribution is -0.139. The Bertz CT molecular complexity index is 711. The number of rotatable bonds is 6. The molecule has 0 heterocycles. The van der Waals surface area contributed by atoms with Gasteiger partial charge in [-0.25, -0.2) is 4.79 Å². The lowest BCUT2D eigenvalue weighted by atomic mass is 10.4. The van der Waals surface area contributed by atoms with Crippen LogP contribution in [0.3, 0.4) is 0 Å². The van der Waals surface area contributed by atoms with E-state index in [1.54, 1.807) is 0 Å². The summed E-state index contributed by atoms with van der Waals surface area (Å²) in [5.41, 5.74) is 0. The first-order chi connectivity index (χ1) is 12.3. The second kappa shape index (κ2) is 9.66. The van der Waals surface area contributed by atoms with Gasteiger partial charge in [-0.2, -0.15) is 0 Å². The minimum Gasteiger partial charge on any atom is -0.463 e. The van der Waals surface area contributed by atoms with E-state index >= 15 is 0 Å². The summed E-state index contributed by atoms with van der Waals surface area (Å²) in [6.45, 7) is 2.25. The zero-order valence-electron chi connectivity index (χ0n) is 14.7. The van der Waals surface area contributed by atoms with Crippen molar-refractivity contribution in [1.29, 1.82) is 0 Å². The average molecular weight is 432 g/mol. The van der Waals surface area contributed by atoms with Gasteiger partial charge in [-0.3, -0.25) is 0 Å². The summed E-state index contributed by atoms with van der Waals surface area (Å²) in [6.07, 6.45) is 0.374. The zero-order valence-corrected chi connectivity index (χ0v) is 17.4. The summed E-state index contributed by atoms with van der Waals surface area (Å²) in [5.74, 6) is -0.146. The highest BCUT2D eigenvalue weighted by atomic mass is 79.9. The molecule has 0 fully saturated rings. The summed E-state index contributed by atoms with van der Waals surface area (Å²) in [6, 6.07) is 31.1. The standard InChI is InChI=1S/C22H22O2P.BrH/c1-2-24-22(23)18-25(19-12-6-3-7-13-19,20-14-8-4-9-15-20)21-16-10-5-11-17-21;/h3-17H,2,18H2,1H3;1H/q+1;/i18+1,22+1;. The van der Waals surface area contributed by atoms with E-state index in [2.05, 4.69) is 36.4 Å². The SMILES string of the molecule is Br.CCO[13C](=O)[13CH2][P+](c1ccccc1)(c1ccccc1)c1ccccc1. The van der Waals surface area contributed by atoms with Gasteiger partial charge >= 0.3 is 5.97 Å². The lowest BCUT2D eigenvalue weighted by Gasteiger charge is -2.26. The van der Waals surface area contributed by atoms with Gasteiger partial charge in [0.05, 0.1) is 6.61 Å². The van der Waals surface area contributed by atoms with E-state index in [9.17, 15) is 4.79 Å². The predicted octanol–water partition coefficient (Wildman–Crippen LogP) is 4.12. The highest BCUT2D eigenvalue weighted by Gasteiger charge is 2.47. The predicted molar refractivity (Wildman–Crippen MR) is 117 cm³/mol. The van der Waals surface area contributed by atoms with Crippen molar-refractivity contribution < 1.29 is 9.53 Å². The van der Waals surface area contributed by atoms with E-state index in [4.69, 9.17) is 4.74 Å². The number of esters is 1. The van der Waals surface area contributed by atoms with Crippen molar-refractivity contribution in [1.82, 2.24) is 0 Å². The quantitative estimate of drug-likeness (QED) is 0.333. The Kier molecular flexibility index (Phi) is 7.56. The normalized spacial score (nSPS) is 10.7. The number of benzene rings is 3. The van der Waals surface area contributed by atoms with Gasteiger partial charge in [-0.1, -0.05) is 54.6 Å². The van der Waals surface area contributed by atoms with Gasteiger partial charge in [-0.15, -0.1) is 17.0 Å². The fraction of sp³-hybridized carbons (Fsp3) is 0.136. The van der Waals surface area contributed by atoms with Crippen molar-refractivity contribution >= 4 is 46.1 Å². The third-order valence-corrected chi connectivity index (χ3v) is 8.53. The minimum atomic E-state index is -2.11. The molecule has 0 bridgehead atoms. The first kappa shape index (κ1) is 20.4. The number of carbonyl (C=O) groups is 1. The molecule has 0 spiro atoms. The zero-order chi connectivity index (χ0) is 17.5. The van der Waals surface area contributed by atoms with Crippen LogP contribution >= 0.6 is 24.2 Å². The summed E-state index contributed by atoms with van der Waals surface area (Å²) in [7, 11) is -2.11. The summed E-state index contributed by atoms with van der Waals surface area (Å²) >= 11 is 0. The monoisotopic (exact) mass is 431 g/mol. The van der Waals surface area contributed by atoms with Crippen molar-refractivity contribution in [2.45, 2.75) is 6.92 Å². The Hall–Kier alpha value is -1.96. The average Bonchev–Trinajstić information content (AvgIpc) is 2.68. The summed E-state index contributed by atoms with van der Waals surface area (Å²) in [4.78, 5) is 12.6.